The predicted octanol–water partition coefficient (Wildman–Crippen LogP) is 2.41. The van der Waals surface area contributed by atoms with E-state index >= 15 is 0 Å². The highest BCUT2D eigenvalue weighted by Crippen LogP contribution is 2.40. The van der Waals surface area contributed by atoms with Crippen molar-refractivity contribution in [2.24, 2.45) is 0 Å². The summed E-state index contributed by atoms with van der Waals surface area (Å²) >= 11 is 0. The molecule has 2 rings (SSSR count). The molecule has 1 saturated heterocycles. The number of hydrogen-bond acceptors (Lipinski definition) is 1. The Morgan fingerprint density at radius 3 is 2.36 bits per heavy atom. The summed E-state index contributed by atoms with van der Waals surface area (Å²) in [5.41, 5.74) is 0. The summed E-state index contributed by atoms with van der Waals surface area (Å²) < 4.78 is 0. The summed E-state index contributed by atoms with van der Waals surface area (Å²) in [6.45, 7) is 3.67. The van der Waals surface area contributed by atoms with Gasteiger partial charge in [0, 0.05) is 12.1 Å². The van der Waals surface area contributed by atoms with E-state index in [2.05, 4.69) is 11.8 Å². The van der Waals surface area contributed by atoms with Crippen LogP contribution in [0.5, 0.6) is 0 Å². The Morgan fingerprint density at radius 2 is 1.82 bits per heavy atom. The number of nitrogens with zero attached hydrogens (tertiary/aromatic N) is 1. The normalized spacial score (nSPS) is 41.7. The van der Waals surface area contributed by atoms with Gasteiger partial charge in [-0.3, -0.25) is 4.90 Å². The fraction of sp³-hybridized carbons (Fsp3) is 1.00. The van der Waals surface area contributed by atoms with Gasteiger partial charge in [0.15, 0.2) is 0 Å². The van der Waals surface area contributed by atoms with Crippen LogP contribution in [0.1, 0.15) is 45.4 Å². The molecule has 64 valence electrons. The van der Waals surface area contributed by atoms with Gasteiger partial charge >= 0.3 is 0 Å². The molecule has 2 atom stereocenters. The van der Waals surface area contributed by atoms with E-state index in [1.165, 1.54) is 45.1 Å². The van der Waals surface area contributed by atoms with Gasteiger partial charge in [0.05, 0.1) is 0 Å². The SMILES string of the molecule is CCCCN1C2CCCCC21. The molecule has 1 heteroatoms. The fourth-order valence-electron chi connectivity index (χ4n) is 2.49. The molecule has 1 saturated carbocycles. The van der Waals surface area contributed by atoms with E-state index in [1.807, 2.05) is 0 Å². The lowest BCUT2D eigenvalue weighted by Gasteiger charge is -2.02. The summed E-state index contributed by atoms with van der Waals surface area (Å²) in [6.07, 6.45) is 8.74. The zero-order valence-corrected chi connectivity index (χ0v) is 7.55. The quantitative estimate of drug-likeness (QED) is 0.563. The Balaban J connectivity index is 1.72. The van der Waals surface area contributed by atoms with Gasteiger partial charge in [-0.15, -0.1) is 0 Å². The van der Waals surface area contributed by atoms with Crippen molar-refractivity contribution in [3.05, 3.63) is 0 Å². The average Bonchev–Trinajstić information content (AvgIpc) is 2.75. The molecule has 2 fully saturated rings. The summed E-state index contributed by atoms with van der Waals surface area (Å²) in [6, 6.07) is 2.05. The van der Waals surface area contributed by atoms with Gasteiger partial charge in [0.1, 0.15) is 0 Å². The topological polar surface area (TPSA) is 3.01 Å². The highest BCUT2D eigenvalue weighted by Gasteiger charge is 2.46. The van der Waals surface area contributed by atoms with Gasteiger partial charge in [0.2, 0.25) is 0 Å². The van der Waals surface area contributed by atoms with Gasteiger partial charge in [-0.05, 0) is 25.8 Å². The first-order valence-electron chi connectivity index (χ1n) is 5.19. The zero-order chi connectivity index (χ0) is 7.68. The van der Waals surface area contributed by atoms with E-state index in [4.69, 9.17) is 0 Å². The number of hydrogen-bond donors (Lipinski definition) is 0. The summed E-state index contributed by atoms with van der Waals surface area (Å²) in [5, 5.41) is 0. The van der Waals surface area contributed by atoms with Crippen molar-refractivity contribution >= 4 is 0 Å². The van der Waals surface area contributed by atoms with Crippen molar-refractivity contribution in [2.45, 2.75) is 57.5 Å². The van der Waals surface area contributed by atoms with Crippen LogP contribution in [0.15, 0.2) is 0 Å². The number of likely N-dealkylation sites (tertiary alicyclic amines) is 1. The maximum atomic E-state index is 2.72. The van der Waals surface area contributed by atoms with Crippen molar-refractivity contribution in [3.63, 3.8) is 0 Å². The monoisotopic (exact) mass is 153 g/mol. The Labute approximate surface area is 69.8 Å². The zero-order valence-electron chi connectivity index (χ0n) is 7.55. The van der Waals surface area contributed by atoms with E-state index < -0.39 is 0 Å². The molecule has 1 nitrogen and oxygen atoms in total. The van der Waals surface area contributed by atoms with Gasteiger partial charge < -0.3 is 0 Å². The van der Waals surface area contributed by atoms with Crippen LogP contribution in [0.2, 0.25) is 0 Å². The third-order valence-corrected chi connectivity index (χ3v) is 3.23. The lowest BCUT2D eigenvalue weighted by Crippen LogP contribution is -2.03. The standard InChI is InChI=1S/C10H19N/c1-2-3-8-11-9-6-4-5-7-10(9)11/h9-10H,2-8H2,1H3. The molecule has 2 aliphatic rings. The second kappa shape index (κ2) is 3.14. The molecule has 2 unspecified atom stereocenters. The summed E-state index contributed by atoms with van der Waals surface area (Å²) in [4.78, 5) is 2.72. The van der Waals surface area contributed by atoms with Crippen molar-refractivity contribution in [1.29, 1.82) is 0 Å². The van der Waals surface area contributed by atoms with Crippen LogP contribution in [0, 0.1) is 0 Å². The van der Waals surface area contributed by atoms with Crippen LogP contribution in [0.25, 0.3) is 0 Å². The maximum Gasteiger partial charge on any atom is 0.0255 e. The Bertz CT molecular complexity index is 121. The second-order valence-electron chi connectivity index (χ2n) is 4.01. The van der Waals surface area contributed by atoms with Gasteiger partial charge in [0.25, 0.3) is 0 Å². The maximum absolute atomic E-state index is 2.72. The van der Waals surface area contributed by atoms with Crippen LogP contribution in [-0.4, -0.2) is 23.5 Å². The van der Waals surface area contributed by atoms with E-state index in [-0.39, 0.29) is 0 Å². The molecule has 0 amide bonds. The molecule has 0 radical (unpaired) electrons. The van der Waals surface area contributed by atoms with Gasteiger partial charge in [-0.25, -0.2) is 0 Å². The minimum Gasteiger partial charge on any atom is -0.294 e. The Morgan fingerprint density at radius 1 is 1.18 bits per heavy atom. The molecule has 0 N–H and O–H groups in total. The second-order valence-corrected chi connectivity index (χ2v) is 4.01. The minimum atomic E-state index is 1.02. The van der Waals surface area contributed by atoms with E-state index in [0.717, 1.165) is 12.1 Å². The van der Waals surface area contributed by atoms with E-state index in [1.54, 1.807) is 0 Å². The lowest BCUT2D eigenvalue weighted by molar-refractivity contribution is 0.461. The smallest absolute Gasteiger partial charge is 0.0255 e. The Kier molecular flexibility index (Phi) is 2.17. The largest absolute Gasteiger partial charge is 0.294 e. The van der Waals surface area contributed by atoms with Crippen molar-refractivity contribution in [2.75, 3.05) is 6.54 Å². The first-order valence-corrected chi connectivity index (χ1v) is 5.19. The van der Waals surface area contributed by atoms with Gasteiger partial charge in [-0.1, -0.05) is 26.2 Å². The third-order valence-electron chi connectivity index (χ3n) is 3.23. The number of unbranched alkanes of at least 4 members (excludes halogenated alkanes) is 1. The number of fused-ring (bicyclic) bond motifs is 1. The van der Waals surface area contributed by atoms with Crippen molar-refractivity contribution in [3.8, 4) is 0 Å². The molecule has 1 aliphatic carbocycles. The molecule has 1 heterocycles. The van der Waals surface area contributed by atoms with Crippen LogP contribution in [-0.2, 0) is 0 Å². The van der Waals surface area contributed by atoms with Crippen molar-refractivity contribution < 1.29 is 0 Å². The highest BCUT2D eigenvalue weighted by molar-refractivity contribution is 5.03. The molecule has 0 aromatic carbocycles. The molecule has 0 spiro atoms. The minimum absolute atomic E-state index is 1.02. The predicted molar refractivity (Wildman–Crippen MR) is 47.7 cm³/mol. The lowest BCUT2D eigenvalue weighted by atomic mass is 10.0. The van der Waals surface area contributed by atoms with E-state index in [0.29, 0.717) is 0 Å². The highest BCUT2D eigenvalue weighted by atomic mass is 15.3. The summed E-state index contributed by atoms with van der Waals surface area (Å²) in [7, 11) is 0. The molecule has 0 aromatic heterocycles. The van der Waals surface area contributed by atoms with Crippen LogP contribution in [0.3, 0.4) is 0 Å². The fourth-order valence-corrected chi connectivity index (χ4v) is 2.49. The average molecular weight is 153 g/mol. The van der Waals surface area contributed by atoms with E-state index in [9.17, 15) is 0 Å². The first kappa shape index (κ1) is 7.60. The Hall–Kier alpha value is -0.0400. The first-order chi connectivity index (χ1) is 5.43. The number of rotatable bonds is 3. The van der Waals surface area contributed by atoms with Gasteiger partial charge in [-0.2, -0.15) is 0 Å². The molecular formula is C10H19N. The molecule has 0 aromatic rings. The molecule has 11 heavy (non-hydrogen) atoms. The van der Waals surface area contributed by atoms with Crippen LogP contribution < -0.4 is 0 Å². The molecule has 1 aliphatic heterocycles. The summed E-state index contributed by atoms with van der Waals surface area (Å²) in [5.74, 6) is 0. The van der Waals surface area contributed by atoms with Crippen LogP contribution in [0.4, 0.5) is 0 Å². The van der Waals surface area contributed by atoms with Crippen molar-refractivity contribution in [1.82, 2.24) is 4.90 Å². The molecule has 0 bridgehead atoms. The third kappa shape index (κ3) is 1.44. The molecular weight excluding hydrogens is 134 g/mol. The van der Waals surface area contributed by atoms with Crippen LogP contribution >= 0.6 is 0 Å².